The van der Waals surface area contributed by atoms with Gasteiger partial charge in [-0.1, -0.05) is 34.6 Å². The fraction of sp³-hybridized carbons (Fsp3) is 0.571. The van der Waals surface area contributed by atoms with Crippen molar-refractivity contribution in [3.8, 4) is 6.07 Å². The lowest BCUT2D eigenvalue weighted by Gasteiger charge is -2.18. The molecule has 0 saturated carbocycles. The van der Waals surface area contributed by atoms with Gasteiger partial charge in [-0.05, 0) is 5.92 Å². The Labute approximate surface area is 112 Å². The second-order valence-corrected chi connectivity index (χ2v) is 6.76. The van der Waals surface area contributed by atoms with Gasteiger partial charge >= 0.3 is 0 Å². The molecule has 2 aromatic rings. The zero-order valence-corrected chi connectivity index (χ0v) is 12.4. The molecular formula is C14H19N3S. The molecule has 3 nitrogen and oxygen atoms in total. The van der Waals surface area contributed by atoms with Crippen LogP contribution in [0.5, 0.6) is 0 Å². The van der Waals surface area contributed by atoms with Crippen LogP contribution in [0.4, 0.5) is 0 Å². The van der Waals surface area contributed by atoms with E-state index in [1.807, 2.05) is 0 Å². The van der Waals surface area contributed by atoms with E-state index >= 15 is 0 Å². The molecule has 0 spiro atoms. The number of hydrogen-bond donors (Lipinski definition) is 0. The van der Waals surface area contributed by atoms with Gasteiger partial charge in [0.05, 0.1) is 23.9 Å². The van der Waals surface area contributed by atoms with Crippen LogP contribution in [0.1, 0.15) is 57.6 Å². The summed E-state index contributed by atoms with van der Waals surface area (Å²) in [6.07, 6.45) is 0.425. The highest BCUT2D eigenvalue weighted by molar-refractivity contribution is 7.15. The standard InChI is InChI=1S/C14H19N3S/c1-9(2)12-10(6-7-15)17-11(14(3,4)5)8-18-13(17)16-12/h8-9H,6H2,1-5H3. The predicted octanol–water partition coefficient (Wildman–Crippen LogP) is 3.88. The van der Waals surface area contributed by atoms with Gasteiger partial charge in [0, 0.05) is 16.5 Å². The number of imidazole rings is 1. The Balaban J connectivity index is 2.75. The SMILES string of the molecule is CC(C)c1nc2scc(C(C)(C)C)n2c1CC#N. The lowest BCUT2D eigenvalue weighted by atomic mass is 9.93. The highest BCUT2D eigenvalue weighted by atomic mass is 32.1. The smallest absolute Gasteiger partial charge is 0.194 e. The minimum atomic E-state index is 0.0669. The monoisotopic (exact) mass is 261 g/mol. The second kappa shape index (κ2) is 4.40. The largest absolute Gasteiger partial charge is 0.290 e. The van der Waals surface area contributed by atoms with Gasteiger partial charge in [-0.25, -0.2) is 4.98 Å². The molecule has 0 aliphatic carbocycles. The van der Waals surface area contributed by atoms with E-state index in [4.69, 9.17) is 10.2 Å². The Kier molecular flexibility index (Phi) is 3.20. The average molecular weight is 261 g/mol. The summed E-state index contributed by atoms with van der Waals surface area (Å²) in [6, 6.07) is 2.27. The molecule has 0 bridgehead atoms. The molecule has 0 unspecified atom stereocenters. The number of hydrogen-bond acceptors (Lipinski definition) is 3. The predicted molar refractivity (Wildman–Crippen MR) is 75.2 cm³/mol. The molecule has 96 valence electrons. The fourth-order valence-electron chi connectivity index (χ4n) is 2.16. The van der Waals surface area contributed by atoms with E-state index < -0.39 is 0 Å². The molecule has 0 aromatic carbocycles. The van der Waals surface area contributed by atoms with E-state index in [9.17, 15) is 0 Å². The lowest BCUT2D eigenvalue weighted by molar-refractivity contribution is 0.561. The van der Waals surface area contributed by atoms with Crippen molar-refractivity contribution >= 4 is 16.3 Å². The molecule has 0 radical (unpaired) electrons. The van der Waals surface area contributed by atoms with Crippen LogP contribution >= 0.6 is 11.3 Å². The van der Waals surface area contributed by atoms with Gasteiger partial charge < -0.3 is 0 Å². The van der Waals surface area contributed by atoms with Crippen LogP contribution < -0.4 is 0 Å². The van der Waals surface area contributed by atoms with Crippen LogP contribution in [0.2, 0.25) is 0 Å². The first kappa shape index (κ1) is 13.1. The first-order valence-electron chi connectivity index (χ1n) is 6.22. The van der Waals surface area contributed by atoms with Gasteiger partial charge in [-0.2, -0.15) is 5.26 Å². The van der Waals surface area contributed by atoms with Crippen molar-refractivity contribution in [2.24, 2.45) is 0 Å². The zero-order valence-electron chi connectivity index (χ0n) is 11.6. The second-order valence-electron chi connectivity index (χ2n) is 5.92. The minimum Gasteiger partial charge on any atom is -0.290 e. The van der Waals surface area contributed by atoms with Crippen LogP contribution in [-0.4, -0.2) is 9.38 Å². The lowest BCUT2D eigenvalue weighted by Crippen LogP contribution is -2.15. The molecule has 0 aliphatic heterocycles. The van der Waals surface area contributed by atoms with Crippen molar-refractivity contribution in [2.75, 3.05) is 0 Å². The number of nitrogens with zero attached hydrogens (tertiary/aromatic N) is 3. The molecule has 2 heterocycles. The molecule has 0 aliphatic rings. The Morgan fingerprint density at radius 2 is 2.11 bits per heavy atom. The minimum absolute atomic E-state index is 0.0669. The average Bonchev–Trinajstić information content (AvgIpc) is 2.77. The van der Waals surface area contributed by atoms with Crippen LogP contribution in [0.25, 0.3) is 4.96 Å². The highest BCUT2D eigenvalue weighted by Gasteiger charge is 2.24. The maximum Gasteiger partial charge on any atom is 0.194 e. The Morgan fingerprint density at radius 3 is 2.61 bits per heavy atom. The quantitative estimate of drug-likeness (QED) is 0.823. The van der Waals surface area contributed by atoms with Crippen molar-refractivity contribution in [2.45, 2.75) is 52.4 Å². The van der Waals surface area contributed by atoms with Gasteiger partial charge in [-0.3, -0.25) is 4.40 Å². The van der Waals surface area contributed by atoms with Crippen molar-refractivity contribution in [3.63, 3.8) is 0 Å². The first-order valence-corrected chi connectivity index (χ1v) is 7.10. The van der Waals surface area contributed by atoms with E-state index in [1.165, 1.54) is 5.69 Å². The molecule has 0 fully saturated rings. The van der Waals surface area contributed by atoms with Gasteiger partial charge in [0.1, 0.15) is 0 Å². The van der Waals surface area contributed by atoms with E-state index in [0.717, 1.165) is 16.3 Å². The summed E-state index contributed by atoms with van der Waals surface area (Å²) < 4.78 is 2.18. The molecule has 0 N–H and O–H groups in total. The molecular weight excluding hydrogens is 242 g/mol. The third-order valence-corrected chi connectivity index (χ3v) is 3.88. The molecule has 18 heavy (non-hydrogen) atoms. The normalized spacial score (nSPS) is 12.3. The molecule has 0 saturated heterocycles. The number of aromatic nitrogens is 2. The Morgan fingerprint density at radius 1 is 1.44 bits per heavy atom. The molecule has 4 heteroatoms. The highest BCUT2D eigenvalue weighted by Crippen LogP contribution is 2.32. The van der Waals surface area contributed by atoms with Gasteiger partial charge in [-0.15, -0.1) is 11.3 Å². The van der Waals surface area contributed by atoms with Crippen molar-refractivity contribution in [1.29, 1.82) is 5.26 Å². The topological polar surface area (TPSA) is 41.1 Å². The Hall–Kier alpha value is -1.34. The molecule has 0 amide bonds. The molecule has 2 rings (SSSR count). The molecule has 2 aromatic heterocycles. The van der Waals surface area contributed by atoms with E-state index in [2.05, 4.69) is 50.5 Å². The van der Waals surface area contributed by atoms with E-state index in [-0.39, 0.29) is 5.41 Å². The maximum atomic E-state index is 9.05. The molecule has 0 atom stereocenters. The third-order valence-electron chi connectivity index (χ3n) is 3.05. The summed E-state index contributed by atoms with van der Waals surface area (Å²) in [6.45, 7) is 10.8. The number of fused-ring (bicyclic) bond motifs is 1. The first-order chi connectivity index (χ1) is 8.36. The van der Waals surface area contributed by atoms with Crippen LogP contribution in [0, 0.1) is 11.3 Å². The zero-order chi connectivity index (χ0) is 13.5. The van der Waals surface area contributed by atoms with Gasteiger partial charge in [0.2, 0.25) is 0 Å². The summed E-state index contributed by atoms with van der Waals surface area (Å²) in [7, 11) is 0. The van der Waals surface area contributed by atoms with Crippen LogP contribution in [0.15, 0.2) is 5.38 Å². The van der Waals surface area contributed by atoms with Gasteiger partial charge in [0.15, 0.2) is 4.96 Å². The fourth-order valence-corrected chi connectivity index (χ4v) is 3.30. The summed E-state index contributed by atoms with van der Waals surface area (Å²) in [5.74, 6) is 0.355. The number of nitriles is 1. The van der Waals surface area contributed by atoms with Crippen molar-refractivity contribution < 1.29 is 0 Å². The summed E-state index contributed by atoms with van der Waals surface area (Å²) >= 11 is 1.66. The van der Waals surface area contributed by atoms with Crippen LogP contribution in [-0.2, 0) is 11.8 Å². The van der Waals surface area contributed by atoms with Gasteiger partial charge in [0.25, 0.3) is 0 Å². The summed E-state index contributed by atoms with van der Waals surface area (Å²) in [4.78, 5) is 5.70. The maximum absolute atomic E-state index is 9.05. The number of thiazole rings is 1. The third kappa shape index (κ3) is 2.04. The van der Waals surface area contributed by atoms with E-state index in [0.29, 0.717) is 12.3 Å². The summed E-state index contributed by atoms with van der Waals surface area (Å²) in [5, 5.41) is 11.2. The van der Waals surface area contributed by atoms with Crippen LogP contribution in [0.3, 0.4) is 0 Å². The van der Waals surface area contributed by atoms with Crippen molar-refractivity contribution in [3.05, 3.63) is 22.5 Å². The van der Waals surface area contributed by atoms with E-state index in [1.54, 1.807) is 11.3 Å². The summed E-state index contributed by atoms with van der Waals surface area (Å²) in [5.41, 5.74) is 3.44. The number of rotatable bonds is 2. The Bertz CT molecular complexity index is 605. The van der Waals surface area contributed by atoms with Crippen molar-refractivity contribution in [1.82, 2.24) is 9.38 Å².